The molecule has 5 nitrogen and oxygen atoms in total. The molecular formula is C22H22N2O3S. The number of aromatic nitrogens is 1. The van der Waals surface area contributed by atoms with Gasteiger partial charge in [-0.05, 0) is 37.2 Å². The molecule has 1 aliphatic rings. The molecule has 1 aromatic heterocycles. The average Bonchev–Trinajstić information content (AvgIpc) is 3.10. The Labute approximate surface area is 167 Å². The number of thioether (sulfide) groups is 1. The second-order valence-electron chi connectivity index (χ2n) is 7.02. The molecule has 1 saturated heterocycles. The maximum atomic E-state index is 12.6. The highest BCUT2D eigenvalue weighted by Crippen LogP contribution is 2.46. The number of nitrogens with zero attached hydrogens (tertiary/aromatic N) is 2. The van der Waals surface area contributed by atoms with Crippen LogP contribution in [0.1, 0.15) is 39.8 Å². The van der Waals surface area contributed by atoms with Crippen LogP contribution in [0.4, 0.5) is 0 Å². The lowest BCUT2D eigenvalue weighted by Gasteiger charge is -2.25. The van der Waals surface area contributed by atoms with Crippen molar-refractivity contribution in [3.8, 4) is 0 Å². The van der Waals surface area contributed by atoms with Crippen LogP contribution < -0.4 is 5.43 Å². The highest BCUT2D eigenvalue weighted by atomic mass is 32.2. The predicted octanol–water partition coefficient (Wildman–Crippen LogP) is 4.14. The molecule has 0 saturated carbocycles. The van der Waals surface area contributed by atoms with Crippen LogP contribution in [0.5, 0.6) is 0 Å². The van der Waals surface area contributed by atoms with Gasteiger partial charge in [-0.2, -0.15) is 0 Å². The van der Waals surface area contributed by atoms with Gasteiger partial charge >= 0.3 is 5.97 Å². The number of hydrogen-bond acceptors (Lipinski definition) is 4. The second kappa shape index (κ2) is 7.45. The summed E-state index contributed by atoms with van der Waals surface area (Å²) < 4.78 is 1.85. The van der Waals surface area contributed by atoms with E-state index in [1.807, 2.05) is 41.5 Å². The largest absolute Gasteiger partial charge is 0.477 e. The van der Waals surface area contributed by atoms with Crippen LogP contribution >= 0.6 is 11.8 Å². The summed E-state index contributed by atoms with van der Waals surface area (Å²) >= 11 is 1.89. The van der Waals surface area contributed by atoms with E-state index in [1.54, 1.807) is 6.07 Å². The fourth-order valence-electron chi connectivity index (χ4n) is 3.89. The smallest absolute Gasteiger partial charge is 0.341 e. The molecule has 0 bridgehead atoms. The topological polar surface area (TPSA) is 62.5 Å². The van der Waals surface area contributed by atoms with Gasteiger partial charge in [-0.3, -0.25) is 9.69 Å². The van der Waals surface area contributed by atoms with E-state index < -0.39 is 11.4 Å². The zero-order valence-electron chi connectivity index (χ0n) is 15.8. The zero-order chi connectivity index (χ0) is 19.8. The van der Waals surface area contributed by atoms with Gasteiger partial charge in [0.15, 0.2) is 0 Å². The fraction of sp³-hybridized carbons (Fsp3) is 0.273. The first-order chi connectivity index (χ1) is 13.5. The van der Waals surface area contributed by atoms with E-state index in [4.69, 9.17) is 0 Å². The number of carboxylic acid groups (broad SMARTS) is 1. The summed E-state index contributed by atoms with van der Waals surface area (Å²) in [6, 6.07) is 16.6. The van der Waals surface area contributed by atoms with Crippen molar-refractivity contribution in [2.24, 2.45) is 0 Å². The third-order valence-electron chi connectivity index (χ3n) is 5.42. The molecule has 2 aromatic carbocycles. The molecule has 4 rings (SSSR count). The number of hydrogen-bond donors (Lipinski definition) is 1. The Bertz CT molecular complexity index is 1090. The van der Waals surface area contributed by atoms with Gasteiger partial charge in [0.25, 0.3) is 0 Å². The molecule has 3 aromatic rings. The molecule has 0 amide bonds. The molecule has 0 radical (unpaired) electrons. The van der Waals surface area contributed by atoms with Crippen molar-refractivity contribution in [3.63, 3.8) is 0 Å². The summed E-state index contributed by atoms with van der Waals surface area (Å²) in [6.07, 6.45) is 1.45. The van der Waals surface area contributed by atoms with Crippen LogP contribution in [-0.4, -0.2) is 33.3 Å². The molecule has 2 atom stereocenters. The first kappa shape index (κ1) is 18.8. The highest BCUT2D eigenvalue weighted by molar-refractivity contribution is 7.99. The Morgan fingerprint density at radius 1 is 1.18 bits per heavy atom. The standard InChI is InChI=1S/C22H22N2O3S/c1-3-24-12-17(22(26)27)20(25)16-10-9-15(11-18(16)24)21-23(2)19(13-28-21)14-7-5-4-6-8-14/h4-12,19,21H,3,13H2,1-2H3,(H,26,27). The van der Waals surface area contributed by atoms with Crippen molar-refractivity contribution in [3.05, 3.63) is 81.6 Å². The normalized spacial score (nSPS) is 19.9. The van der Waals surface area contributed by atoms with Gasteiger partial charge in [-0.15, -0.1) is 11.8 Å². The number of rotatable bonds is 4. The third-order valence-corrected chi connectivity index (χ3v) is 6.85. The second-order valence-corrected chi connectivity index (χ2v) is 8.13. The van der Waals surface area contributed by atoms with Gasteiger partial charge in [-0.1, -0.05) is 36.4 Å². The monoisotopic (exact) mass is 394 g/mol. The lowest BCUT2D eigenvalue weighted by molar-refractivity contribution is 0.0695. The van der Waals surface area contributed by atoms with Crippen LogP contribution in [0.15, 0.2) is 59.5 Å². The van der Waals surface area contributed by atoms with Gasteiger partial charge in [0.05, 0.1) is 10.9 Å². The maximum absolute atomic E-state index is 12.6. The van der Waals surface area contributed by atoms with Gasteiger partial charge in [0.2, 0.25) is 5.43 Å². The molecule has 28 heavy (non-hydrogen) atoms. The summed E-state index contributed by atoms with van der Waals surface area (Å²) in [5.74, 6) is -0.183. The first-order valence-electron chi connectivity index (χ1n) is 9.30. The Hall–Kier alpha value is -2.57. The molecule has 1 N–H and O–H groups in total. The molecule has 1 aliphatic heterocycles. The number of carbonyl (C=O) groups is 1. The molecule has 2 heterocycles. The Kier molecular flexibility index (Phi) is 5.00. The number of fused-ring (bicyclic) bond motifs is 1. The molecule has 0 aliphatic carbocycles. The first-order valence-corrected chi connectivity index (χ1v) is 10.3. The third kappa shape index (κ3) is 3.12. The lowest BCUT2D eigenvalue weighted by Crippen LogP contribution is -2.22. The van der Waals surface area contributed by atoms with Crippen LogP contribution in [0, 0.1) is 0 Å². The summed E-state index contributed by atoms with van der Waals surface area (Å²) in [4.78, 5) is 26.3. The van der Waals surface area contributed by atoms with E-state index >= 15 is 0 Å². The number of pyridine rings is 1. The molecule has 0 spiro atoms. The number of benzene rings is 2. The minimum Gasteiger partial charge on any atom is -0.477 e. The molecular weight excluding hydrogens is 372 g/mol. The Balaban J connectivity index is 1.75. The van der Waals surface area contributed by atoms with Crippen LogP contribution in [0.3, 0.4) is 0 Å². The van der Waals surface area contributed by atoms with E-state index in [1.165, 1.54) is 11.8 Å². The van der Waals surface area contributed by atoms with Gasteiger partial charge < -0.3 is 9.67 Å². The lowest BCUT2D eigenvalue weighted by atomic mass is 10.1. The van der Waals surface area contributed by atoms with Crippen molar-refractivity contribution >= 4 is 28.6 Å². The van der Waals surface area contributed by atoms with Crippen molar-refractivity contribution in [2.75, 3.05) is 12.8 Å². The molecule has 6 heteroatoms. The quantitative estimate of drug-likeness (QED) is 0.721. The van der Waals surface area contributed by atoms with Gasteiger partial charge in [0.1, 0.15) is 5.56 Å². The highest BCUT2D eigenvalue weighted by Gasteiger charge is 2.33. The zero-order valence-corrected chi connectivity index (χ0v) is 16.6. The minimum absolute atomic E-state index is 0.182. The fourth-order valence-corrected chi connectivity index (χ4v) is 5.41. The summed E-state index contributed by atoms with van der Waals surface area (Å²) in [5.41, 5.74) is 2.61. The average molecular weight is 394 g/mol. The summed E-state index contributed by atoms with van der Waals surface area (Å²) in [6.45, 7) is 2.55. The van der Waals surface area contributed by atoms with E-state index in [2.05, 4.69) is 36.2 Å². The van der Waals surface area contributed by atoms with Gasteiger partial charge in [-0.25, -0.2) is 4.79 Å². The van der Waals surface area contributed by atoms with Crippen LogP contribution in [0.2, 0.25) is 0 Å². The molecule has 144 valence electrons. The van der Waals surface area contributed by atoms with Crippen molar-refractivity contribution in [1.29, 1.82) is 0 Å². The van der Waals surface area contributed by atoms with Crippen LogP contribution in [0.25, 0.3) is 10.9 Å². The van der Waals surface area contributed by atoms with E-state index in [-0.39, 0.29) is 10.9 Å². The number of aryl methyl sites for hydroxylation is 1. The Morgan fingerprint density at radius 2 is 1.93 bits per heavy atom. The minimum atomic E-state index is -1.19. The summed E-state index contributed by atoms with van der Waals surface area (Å²) in [5, 5.41) is 9.96. The predicted molar refractivity (Wildman–Crippen MR) is 113 cm³/mol. The van der Waals surface area contributed by atoms with Crippen LogP contribution in [-0.2, 0) is 6.54 Å². The SMILES string of the molecule is CCn1cc(C(=O)O)c(=O)c2ccc(C3SCC(c4ccccc4)N3C)cc21. The summed E-state index contributed by atoms with van der Waals surface area (Å²) in [7, 11) is 2.13. The number of carboxylic acids is 1. The van der Waals surface area contributed by atoms with Crippen molar-refractivity contribution in [1.82, 2.24) is 9.47 Å². The van der Waals surface area contributed by atoms with Crippen molar-refractivity contribution < 1.29 is 9.90 Å². The van der Waals surface area contributed by atoms with E-state index in [0.29, 0.717) is 18.0 Å². The van der Waals surface area contributed by atoms with Gasteiger partial charge in [0, 0.05) is 29.9 Å². The molecule has 1 fully saturated rings. The number of aromatic carboxylic acids is 1. The Morgan fingerprint density at radius 3 is 2.61 bits per heavy atom. The molecule has 2 unspecified atom stereocenters. The maximum Gasteiger partial charge on any atom is 0.341 e. The van der Waals surface area contributed by atoms with E-state index in [9.17, 15) is 14.7 Å². The van der Waals surface area contributed by atoms with Crippen molar-refractivity contribution in [2.45, 2.75) is 24.9 Å². The van der Waals surface area contributed by atoms with E-state index in [0.717, 1.165) is 16.8 Å².